The third kappa shape index (κ3) is 3.11. The largest absolute Gasteiger partial charge is 0.339 e. The molecule has 0 aromatic heterocycles. The van der Waals surface area contributed by atoms with Crippen LogP contribution in [0.15, 0.2) is 34.5 Å². The second kappa shape index (κ2) is 6.10. The number of rotatable bonds is 4. The molecule has 0 amide bonds. The van der Waals surface area contributed by atoms with E-state index in [1.165, 1.54) is 0 Å². The molecular formula is C17H26N6. The van der Waals surface area contributed by atoms with Gasteiger partial charge in [0.25, 0.3) is 0 Å². The van der Waals surface area contributed by atoms with Crippen molar-refractivity contribution in [3.63, 3.8) is 0 Å². The van der Waals surface area contributed by atoms with E-state index in [0.717, 1.165) is 30.5 Å². The van der Waals surface area contributed by atoms with E-state index in [4.69, 9.17) is 0 Å². The number of anilines is 2. The smallest absolute Gasteiger partial charge is 0.124 e. The lowest BCUT2D eigenvalue weighted by molar-refractivity contribution is 0.371. The highest BCUT2D eigenvalue weighted by Gasteiger charge is 2.24. The first kappa shape index (κ1) is 15.6. The molecule has 1 aromatic rings. The molecule has 1 aromatic carbocycles. The van der Waals surface area contributed by atoms with Crippen LogP contribution in [0.5, 0.6) is 0 Å². The first-order valence-electron chi connectivity index (χ1n) is 8.22. The van der Waals surface area contributed by atoms with Gasteiger partial charge in [-0.3, -0.25) is 0 Å². The van der Waals surface area contributed by atoms with Crippen LogP contribution in [-0.2, 0) is 0 Å². The molecule has 0 fully saturated rings. The summed E-state index contributed by atoms with van der Waals surface area (Å²) in [6.07, 6.45) is 1.91. The Balaban J connectivity index is 1.76. The molecule has 6 heteroatoms. The molecule has 23 heavy (non-hydrogen) atoms. The minimum absolute atomic E-state index is 0.453. The SMILES string of the molecule is CC1=NN(c2cccc(N3CN(C(C)C)C=N3)c2)CN1C(C)C. The molecule has 2 aliphatic heterocycles. The maximum atomic E-state index is 4.68. The normalized spacial score (nSPS) is 18.0. The van der Waals surface area contributed by atoms with Crippen LogP contribution >= 0.6 is 0 Å². The van der Waals surface area contributed by atoms with Crippen LogP contribution in [0.1, 0.15) is 34.6 Å². The lowest BCUT2D eigenvalue weighted by atomic mass is 10.2. The van der Waals surface area contributed by atoms with Gasteiger partial charge in [-0.2, -0.15) is 10.2 Å². The molecule has 0 aliphatic carbocycles. The van der Waals surface area contributed by atoms with Gasteiger partial charge in [0.1, 0.15) is 25.5 Å². The summed E-state index contributed by atoms with van der Waals surface area (Å²) in [6, 6.07) is 9.33. The fourth-order valence-corrected chi connectivity index (χ4v) is 2.80. The van der Waals surface area contributed by atoms with Crippen LogP contribution in [0, 0.1) is 0 Å². The number of hydrazone groups is 2. The molecule has 2 aliphatic rings. The van der Waals surface area contributed by atoms with E-state index in [1.54, 1.807) is 0 Å². The number of amidine groups is 1. The van der Waals surface area contributed by atoms with E-state index in [0.29, 0.717) is 12.1 Å². The second-order valence-electron chi connectivity index (χ2n) is 6.65. The molecule has 0 N–H and O–H groups in total. The number of benzene rings is 1. The standard InChI is InChI=1S/C17H26N6/c1-13(2)20-10-18-22(11-20)16-7-6-8-17(9-16)23-12-21(14(3)4)15(5)19-23/h6-10,13-14H,11-12H2,1-5H3. The van der Waals surface area contributed by atoms with E-state index in [-0.39, 0.29) is 0 Å². The van der Waals surface area contributed by atoms with Gasteiger partial charge in [0, 0.05) is 12.1 Å². The Kier molecular flexibility index (Phi) is 4.15. The summed E-state index contributed by atoms with van der Waals surface area (Å²) in [6.45, 7) is 12.4. The Labute approximate surface area is 138 Å². The predicted molar refractivity (Wildman–Crippen MR) is 96.7 cm³/mol. The highest BCUT2D eigenvalue weighted by molar-refractivity contribution is 5.83. The highest BCUT2D eigenvalue weighted by atomic mass is 15.6. The topological polar surface area (TPSA) is 37.7 Å². The van der Waals surface area contributed by atoms with Crippen LogP contribution in [0.3, 0.4) is 0 Å². The summed E-state index contributed by atoms with van der Waals surface area (Å²) < 4.78 is 0. The van der Waals surface area contributed by atoms with Crippen LogP contribution in [0.25, 0.3) is 0 Å². The molecule has 0 unspecified atom stereocenters. The van der Waals surface area contributed by atoms with Gasteiger partial charge in [-0.05, 0) is 52.8 Å². The highest BCUT2D eigenvalue weighted by Crippen LogP contribution is 2.27. The molecule has 3 rings (SSSR count). The zero-order valence-electron chi connectivity index (χ0n) is 14.6. The van der Waals surface area contributed by atoms with Gasteiger partial charge in [-0.25, -0.2) is 10.0 Å². The van der Waals surface area contributed by atoms with Gasteiger partial charge in [-0.1, -0.05) is 6.07 Å². The van der Waals surface area contributed by atoms with Crippen molar-refractivity contribution in [2.24, 2.45) is 10.2 Å². The first-order chi connectivity index (χ1) is 11.0. The molecule has 124 valence electrons. The molecule has 0 saturated heterocycles. The van der Waals surface area contributed by atoms with Crippen LogP contribution in [-0.4, -0.2) is 47.4 Å². The number of hydrogen-bond acceptors (Lipinski definition) is 6. The molecular weight excluding hydrogens is 288 g/mol. The van der Waals surface area contributed by atoms with Crippen molar-refractivity contribution in [1.29, 1.82) is 0 Å². The van der Waals surface area contributed by atoms with E-state index >= 15 is 0 Å². The fraction of sp³-hybridized carbons (Fsp3) is 0.529. The molecule has 0 spiro atoms. The first-order valence-corrected chi connectivity index (χ1v) is 8.22. The monoisotopic (exact) mass is 314 g/mol. The van der Waals surface area contributed by atoms with Crippen molar-refractivity contribution in [2.75, 3.05) is 23.4 Å². The van der Waals surface area contributed by atoms with Gasteiger partial charge in [-0.15, -0.1) is 0 Å². The molecule has 6 nitrogen and oxygen atoms in total. The lowest BCUT2D eigenvalue weighted by Crippen LogP contribution is -2.35. The van der Waals surface area contributed by atoms with E-state index in [9.17, 15) is 0 Å². The zero-order valence-corrected chi connectivity index (χ0v) is 14.6. The molecule has 0 bridgehead atoms. The molecule has 0 saturated carbocycles. The minimum Gasteiger partial charge on any atom is -0.339 e. The molecule has 0 radical (unpaired) electrons. The number of hydrogen-bond donors (Lipinski definition) is 0. The fourth-order valence-electron chi connectivity index (χ4n) is 2.80. The lowest BCUT2D eigenvalue weighted by Gasteiger charge is -2.25. The third-order valence-electron chi connectivity index (χ3n) is 4.32. The Morgan fingerprint density at radius 3 is 2.22 bits per heavy atom. The van der Waals surface area contributed by atoms with Gasteiger partial charge >= 0.3 is 0 Å². The van der Waals surface area contributed by atoms with Gasteiger partial charge in [0.2, 0.25) is 0 Å². The van der Waals surface area contributed by atoms with Crippen LogP contribution < -0.4 is 10.0 Å². The Bertz CT molecular complexity index is 621. The van der Waals surface area contributed by atoms with Crippen LogP contribution in [0.2, 0.25) is 0 Å². The summed E-state index contributed by atoms with van der Waals surface area (Å²) in [4.78, 5) is 4.51. The van der Waals surface area contributed by atoms with E-state index < -0.39 is 0 Å². The predicted octanol–water partition coefficient (Wildman–Crippen LogP) is 2.94. The van der Waals surface area contributed by atoms with E-state index in [1.807, 2.05) is 11.3 Å². The summed E-state index contributed by atoms with van der Waals surface area (Å²) >= 11 is 0. The van der Waals surface area contributed by atoms with Gasteiger partial charge < -0.3 is 9.80 Å². The van der Waals surface area contributed by atoms with E-state index in [2.05, 4.69) is 83.9 Å². The Morgan fingerprint density at radius 2 is 1.65 bits per heavy atom. The molecule has 0 atom stereocenters. The minimum atomic E-state index is 0.453. The quantitative estimate of drug-likeness (QED) is 0.856. The van der Waals surface area contributed by atoms with Gasteiger partial charge in [0.15, 0.2) is 0 Å². The van der Waals surface area contributed by atoms with Crippen molar-refractivity contribution in [3.05, 3.63) is 24.3 Å². The second-order valence-corrected chi connectivity index (χ2v) is 6.65. The van der Waals surface area contributed by atoms with Crippen molar-refractivity contribution < 1.29 is 0 Å². The Hall–Kier alpha value is -2.24. The molecule has 2 heterocycles. The van der Waals surface area contributed by atoms with Gasteiger partial charge in [0.05, 0.1) is 11.4 Å². The summed E-state index contributed by atoms with van der Waals surface area (Å²) in [5.74, 6) is 1.07. The van der Waals surface area contributed by atoms with Crippen LogP contribution in [0.4, 0.5) is 11.4 Å². The summed E-state index contributed by atoms with van der Waals surface area (Å²) in [5, 5.41) is 13.3. The van der Waals surface area contributed by atoms with Crippen molar-refractivity contribution >= 4 is 23.5 Å². The van der Waals surface area contributed by atoms with Crippen molar-refractivity contribution in [1.82, 2.24) is 9.80 Å². The zero-order chi connectivity index (χ0) is 16.6. The average molecular weight is 314 g/mol. The average Bonchev–Trinajstić information content (AvgIpc) is 3.14. The third-order valence-corrected chi connectivity index (χ3v) is 4.32. The number of nitrogens with zero attached hydrogens (tertiary/aromatic N) is 6. The van der Waals surface area contributed by atoms with Crippen molar-refractivity contribution in [3.8, 4) is 0 Å². The summed E-state index contributed by atoms with van der Waals surface area (Å²) in [5.41, 5.74) is 2.20. The maximum Gasteiger partial charge on any atom is 0.124 e. The Morgan fingerprint density at radius 1 is 0.957 bits per heavy atom. The maximum absolute atomic E-state index is 4.68. The summed E-state index contributed by atoms with van der Waals surface area (Å²) in [7, 11) is 0. The van der Waals surface area contributed by atoms with Crippen molar-refractivity contribution in [2.45, 2.75) is 46.7 Å².